The fraction of sp³-hybridized carbons (Fsp3) is 0.121. The highest BCUT2D eigenvalue weighted by atomic mass is 16.5. The molecule has 8 nitrogen and oxygen atoms in total. The van der Waals surface area contributed by atoms with Gasteiger partial charge < -0.3 is 30.6 Å². The van der Waals surface area contributed by atoms with Gasteiger partial charge in [0.15, 0.2) is 0 Å². The zero-order valence-corrected chi connectivity index (χ0v) is 23.4. The summed E-state index contributed by atoms with van der Waals surface area (Å²) >= 11 is 0. The van der Waals surface area contributed by atoms with Crippen LogP contribution in [0.4, 0.5) is 17.1 Å². The van der Waals surface area contributed by atoms with E-state index in [-0.39, 0.29) is 11.7 Å². The quantitative estimate of drug-likeness (QED) is 0.231. The van der Waals surface area contributed by atoms with Crippen LogP contribution in [0.1, 0.15) is 29.8 Å². The number of methoxy groups -OCH3 is 1. The number of anilines is 3. The van der Waals surface area contributed by atoms with Gasteiger partial charge in [-0.3, -0.25) is 4.79 Å². The van der Waals surface area contributed by atoms with Crippen LogP contribution in [0.5, 0.6) is 11.5 Å². The molecule has 210 valence electrons. The predicted molar refractivity (Wildman–Crippen MR) is 167 cm³/mol. The largest absolute Gasteiger partial charge is 0.508 e. The number of carbonyl (C=O) groups excluding carboxylic acids is 2. The molecule has 3 aromatic rings. The number of nitrogens with one attached hydrogen (secondary N) is 3. The summed E-state index contributed by atoms with van der Waals surface area (Å²) < 4.78 is 5.48. The normalized spacial score (nSPS) is 13.5. The number of carbonyl (C=O) groups is 2. The molecular formula is C33H34N4O4. The third-order valence-electron chi connectivity index (χ3n) is 6.03. The Morgan fingerprint density at radius 3 is 2.24 bits per heavy atom. The number of nitrogens with zero attached hydrogens (tertiary/aromatic N) is 1. The number of hydrogen-bond donors (Lipinski definition) is 4. The molecule has 4 rings (SSSR count). The lowest BCUT2D eigenvalue weighted by Crippen LogP contribution is -2.12. The van der Waals surface area contributed by atoms with Gasteiger partial charge in [0.2, 0.25) is 0 Å². The van der Waals surface area contributed by atoms with Crippen molar-refractivity contribution in [1.82, 2.24) is 0 Å². The van der Waals surface area contributed by atoms with Crippen LogP contribution in [0.15, 0.2) is 120 Å². The third kappa shape index (κ3) is 8.56. The maximum absolute atomic E-state index is 12.7. The molecule has 0 aliphatic heterocycles. The van der Waals surface area contributed by atoms with Crippen molar-refractivity contribution < 1.29 is 19.4 Å². The van der Waals surface area contributed by atoms with Gasteiger partial charge in [-0.05, 0) is 85.2 Å². The van der Waals surface area contributed by atoms with Crippen molar-refractivity contribution in [2.75, 3.05) is 23.1 Å². The van der Waals surface area contributed by atoms with Crippen molar-refractivity contribution in [3.8, 4) is 11.5 Å². The summed E-state index contributed by atoms with van der Waals surface area (Å²) in [6, 6.07) is 19.5. The van der Waals surface area contributed by atoms with E-state index < -0.39 is 0 Å². The molecule has 1 aliphatic rings. The van der Waals surface area contributed by atoms with E-state index in [4.69, 9.17) is 14.5 Å². The first-order chi connectivity index (χ1) is 19.8. The first-order valence-corrected chi connectivity index (χ1v) is 12.9. The van der Waals surface area contributed by atoms with Gasteiger partial charge in [-0.1, -0.05) is 37.8 Å². The summed E-state index contributed by atoms with van der Waals surface area (Å²) in [6.07, 6.45) is 8.54. The molecule has 0 atom stereocenters. The number of ether oxygens (including phenoxy) is 1. The monoisotopic (exact) mass is 550 g/mol. The first kappa shape index (κ1) is 30.2. The molecule has 0 unspecified atom stereocenters. The SMILES string of the molecule is C=C1C=CC=C/C1=N/C(Nc1cccc(NC(=O)c2ccc(O)cc2)c1)=C(\C)Nc1cc(CC)cc(OC)c1.C=O. The molecule has 3 aromatic carbocycles. The number of aromatic hydroxyl groups is 1. The molecule has 41 heavy (non-hydrogen) atoms. The van der Waals surface area contributed by atoms with E-state index >= 15 is 0 Å². The predicted octanol–water partition coefficient (Wildman–Crippen LogP) is 6.87. The van der Waals surface area contributed by atoms with Crippen molar-refractivity contribution in [3.05, 3.63) is 126 Å². The van der Waals surface area contributed by atoms with Gasteiger partial charge in [0, 0.05) is 28.7 Å². The highest BCUT2D eigenvalue weighted by molar-refractivity contribution is 6.11. The van der Waals surface area contributed by atoms with Crippen molar-refractivity contribution in [3.63, 3.8) is 0 Å². The number of hydrogen-bond acceptors (Lipinski definition) is 7. The number of allylic oxidation sites excluding steroid dienone is 6. The van der Waals surface area contributed by atoms with E-state index in [0.717, 1.165) is 46.1 Å². The van der Waals surface area contributed by atoms with Gasteiger partial charge >= 0.3 is 0 Å². The Morgan fingerprint density at radius 1 is 0.902 bits per heavy atom. The van der Waals surface area contributed by atoms with Gasteiger partial charge in [-0.15, -0.1) is 0 Å². The van der Waals surface area contributed by atoms with Gasteiger partial charge in [-0.25, -0.2) is 4.99 Å². The summed E-state index contributed by atoms with van der Waals surface area (Å²) in [6.45, 7) is 10.1. The summed E-state index contributed by atoms with van der Waals surface area (Å²) in [4.78, 5) is 25.6. The van der Waals surface area contributed by atoms with Crippen LogP contribution in [0.3, 0.4) is 0 Å². The molecule has 0 saturated carbocycles. The Morgan fingerprint density at radius 2 is 1.59 bits per heavy atom. The molecule has 0 radical (unpaired) electrons. The lowest BCUT2D eigenvalue weighted by atomic mass is 10.1. The minimum atomic E-state index is -0.277. The average molecular weight is 551 g/mol. The highest BCUT2D eigenvalue weighted by Gasteiger charge is 2.11. The fourth-order valence-corrected chi connectivity index (χ4v) is 3.90. The number of phenolic OH excluding ortho intramolecular Hbond substituents is 1. The zero-order valence-electron chi connectivity index (χ0n) is 23.4. The summed E-state index contributed by atoms with van der Waals surface area (Å²) in [5, 5.41) is 19.2. The second kappa shape index (κ2) is 14.7. The molecule has 4 N–H and O–H groups in total. The number of amides is 1. The molecule has 0 saturated heterocycles. The minimum absolute atomic E-state index is 0.105. The third-order valence-corrected chi connectivity index (χ3v) is 6.03. The number of rotatable bonds is 9. The minimum Gasteiger partial charge on any atom is -0.508 e. The molecule has 1 amide bonds. The van der Waals surface area contributed by atoms with E-state index in [2.05, 4.69) is 35.5 Å². The molecule has 8 heteroatoms. The first-order valence-electron chi connectivity index (χ1n) is 12.9. The molecular weight excluding hydrogens is 516 g/mol. The Balaban J connectivity index is 0.00000226. The van der Waals surface area contributed by atoms with E-state index in [9.17, 15) is 9.90 Å². The topological polar surface area (TPSA) is 112 Å². The van der Waals surface area contributed by atoms with Gasteiger partial charge in [-0.2, -0.15) is 0 Å². The molecule has 0 spiro atoms. The second-order valence-corrected chi connectivity index (χ2v) is 8.97. The number of benzene rings is 3. The lowest BCUT2D eigenvalue weighted by Gasteiger charge is -2.17. The van der Waals surface area contributed by atoms with Crippen LogP contribution in [-0.4, -0.2) is 30.6 Å². The van der Waals surface area contributed by atoms with Crippen LogP contribution in [0.25, 0.3) is 0 Å². The fourth-order valence-electron chi connectivity index (χ4n) is 3.90. The van der Waals surface area contributed by atoms with Gasteiger partial charge in [0.05, 0.1) is 18.5 Å². The molecule has 1 aliphatic carbocycles. The van der Waals surface area contributed by atoms with E-state index in [1.54, 1.807) is 19.2 Å². The summed E-state index contributed by atoms with van der Waals surface area (Å²) in [5.74, 6) is 1.19. The van der Waals surface area contributed by atoms with E-state index in [1.165, 1.54) is 12.1 Å². The smallest absolute Gasteiger partial charge is 0.255 e. The summed E-state index contributed by atoms with van der Waals surface area (Å²) in [5.41, 5.74) is 6.14. The number of aryl methyl sites for hydroxylation is 1. The Labute approximate surface area is 240 Å². The van der Waals surface area contributed by atoms with Crippen LogP contribution in [0.2, 0.25) is 0 Å². The van der Waals surface area contributed by atoms with Crippen molar-refractivity contribution in [2.24, 2.45) is 4.99 Å². The average Bonchev–Trinajstić information content (AvgIpc) is 2.99. The van der Waals surface area contributed by atoms with Crippen molar-refractivity contribution >= 4 is 35.5 Å². The molecule has 0 bridgehead atoms. The Hall–Kier alpha value is -5.37. The van der Waals surface area contributed by atoms with Crippen molar-refractivity contribution in [2.45, 2.75) is 20.3 Å². The standard InChI is InChI=1S/C32H32N4O3.CH2O/c1-5-23-17-27(20-29(18-23)39-4)33-22(3)31(36-30-12-7-6-9-21(30)2)34-25-10-8-11-26(19-25)35-32(38)24-13-15-28(37)16-14-24;1-2/h6-20,33-34,37H,2,5H2,1,3-4H3,(H,35,38);1H2/b31-22+,36-30-;. The maximum atomic E-state index is 12.7. The van der Waals surface area contributed by atoms with Crippen LogP contribution < -0.4 is 20.7 Å². The lowest BCUT2D eigenvalue weighted by molar-refractivity contribution is -0.0980. The maximum Gasteiger partial charge on any atom is 0.255 e. The number of phenols is 1. The second-order valence-electron chi connectivity index (χ2n) is 8.97. The van der Waals surface area contributed by atoms with E-state index in [0.29, 0.717) is 17.1 Å². The molecule has 0 heterocycles. The Kier molecular flexibility index (Phi) is 10.8. The molecule has 0 fully saturated rings. The number of aliphatic imine (C=N–C) groups is 1. The van der Waals surface area contributed by atoms with Crippen LogP contribution >= 0.6 is 0 Å². The van der Waals surface area contributed by atoms with Crippen LogP contribution in [-0.2, 0) is 11.2 Å². The highest BCUT2D eigenvalue weighted by Crippen LogP contribution is 2.25. The molecule has 0 aromatic heterocycles. The van der Waals surface area contributed by atoms with E-state index in [1.807, 2.05) is 74.4 Å². The Bertz CT molecular complexity index is 1500. The van der Waals surface area contributed by atoms with Crippen LogP contribution in [0, 0.1) is 0 Å². The zero-order chi connectivity index (χ0) is 29.8. The van der Waals surface area contributed by atoms with Gasteiger partial charge in [0.25, 0.3) is 5.91 Å². The van der Waals surface area contributed by atoms with Gasteiger partial charge in [0.1, 0.15) is 24.1 Å². The van der Waals surface area contributed by atoms with Crippen molar-refractivity contribution in [1.29, 1.82) is 0 Å². The summed E-state index contributed by atoms with van der Waals surface area (Å²) in [7, 11) is 1.65.